The summed E-state index contributed by atoms with van der Waals surface area (Å²) in [6.45, 7) is 2.36. The minimum Gasteiger partial charge on any atom is -0.349 e. The number of hydrogen-bond donors (Lipinski definition) is 1. The van der Waals surface area contributed by atoms with Crippen LogP contribution < -0.4 is 5.32 Å². The molecule has 1 fully saturated rings. The van der Waals surface area contributed by atoms with Gasteiger partial charge in [-0.15, -0.1) is 0 Å². The van der Waals surface area contributed by atoms with Gasteiger partial charge in [-0.2, -0.15) is 5.26 Å². The van der Waals surface area contributed by atoms with Gasteiger partial charge in [0.15, 0.2) is 0 Å². The summed E-state index contributed by atoms with van der Waals surface area (Å²) >= 11 is 0. The van der Waals surface area contributed by atoms with Crippen LogP contribution in [0.1, 0.15) is 36.9 Å². The molecule has 1 amide bonds. The molecule has 1 aromatic rings. The van der Waals surface area contributed by atoms with Crippen LogP contribution in [0.25, 0.3) is 0 Å². The van der Waals surface area contributed by atoms with Crippen molar-refractivity contribution in [3.63, 3.8) is 0 Å². The lowest BCUT2D eigenvalue weighted by atomic mass is 9.87. The first-order chi connectivity index (χ1) is 8.68. The number of aryl methyl sites for hydroxylation is 1. The second kappa shape index (κ2) is 5.18. The standard InChI is InChI=1S/C14H17N3O/c1-11-5-4-8-16-12(11)9-17-13(18)14(10-15)6-2-3-7-14/h4-5,8H,2-3,6-7,9H2,1H3,(H,17,18). The molecule has 4 heteroatoms. The molecule has 0 spiro atoms. The first-order valence-electron chi connectivity index (χ1n) is 6.28. The lowest BCUT2D eigenvalue weighted by Crippen LogP contribution is -2.38. The minimum atomic E-state index is -0.803. The molecule has 1 N–H and O–H groups in total. The molecule has 1 aliphatic carbocycles. The highest BCUT2D eigenvalue weighted by molar-refractivity contribution is 5.85. The Morgan fingerprint density at radius 1 is 1.56 bits per heavy atom. The average Bonchev–Trinajstić information content (AvgIpc) is 2.87. The van der Waals surface area contributed by atoms with Crippen LogP contribution in [0, 0.1) is 23.7 Å². The summed E-state index contributed by atoms with van der Waals surface area (Å²) in [6.07, 6.45) is 4.99. The summed E-state index contributed by atoms with van der Waals surface area (Å²) in [7, 11) is 0. The fourth-order valence-corrected chi connectivity index (χ4v) is 2.40. The maximum Gasteiger partial charge on any atom is 0.240 e. The summed E-state index contributed by atoms with van der Waals surface area (Å²) in [6, 6.07) is 6.03. The Balaban J connectivity index is 2.01. The smallest absolute Gasteiger partial charge is 0.240 e. The molecule has 18 heavy (non-hydrogen) atoms. The SMILES string of the molecule is Cc1cccnc1CNC(=O)C1(C#N)CCCC1. The second-order valence-electron chi connectivity index (χ2n) is 4.85. The van der Waals surface area contributed by atoms with E-state index in [0.717, 1.165) is 24.1 Å². The van der Waals surface area contributed by atoms with Gasteiger partial charge in [0, 0.05) is 6.20 Å². The largest absolute Gasteiger partial charge is 0.349 e. The molecule has 0 radical (unpaired) electrons. The molecule has 2 rings (SSSR count). The van der Waals surface area contributed by atoms with Crippen LogP contribution in [-0.2, 0) is 11.3 Å². The first kappa shape index (κ1) is 12.6. The van der Waals surface area contributed by atoms with Crippen molar-refractivity contribution in [2.24, 2.45) is 5.41 Å². The topological polar surface area (TPSA) is 65.8 Å². The van der Waals surface area contributed by atoms with Gasteiger partial charge in [-0.1, -0.05) is 18.9 Å². The fraction of sp³-hybridized carbons (Fsp3) is 0.500. The van der Waals surface area contributed by atoms with E-state index in [2.05, 4.69) is 16.4 Å². The Hall–Kier alpha value is -1.89. The highest BCUT2D eigenvalue weighted by atomic mass is 16.2. The number of nitrogens with zero attached hydrogens (tertiary/aromatic N) is 2. The van der Waals surface area contributed by atoms with Crippen LogP contribution in [0.5, 0.6) is 0 Å². The Kier molecular flexibility index (Phi) is 3.61. The van der Waals surface area contributed by atoms with Crippen LogP contribution in [0.15, 0.2) is 18.3 Å². The number of pyridine rings is 1. The normalized spacial score (nSPS) is 17.1. The zero-order valence-electron chi connectivity index (χ0n) is 10.6. The molecule has 4 nitrogen and oxygen atoms in total. The van der Waals surface area contributed by atoms with E-state index in [-0.39, 0.29) is 5.91 Å². The predicted octanol–water partition coefficient (Wildman–Crippen LogP) is 2.09. The number of hydrogen-bond acceptors (Lipinski definition) is 3. The number of carbonyl (C=O) groups is 1. The molecule has 1 aromatic heterocycles. The van der Waals surface area contributed by atoms with E-state index in [1.807, 2.05) is 19.1 Å². The van der Waals surface area contributed by atoms with E-state index in [4.69, 9.17) is 0 Å². The third kappa shape index (κ3) is 2.35. The van der Waals surface area contributed by atoms with Gasteiger partial charge in [0.05, 0.1) is 18.3 Å². The Morgan fingerprint density at radius 2 is 2.28 bits per heavy atom. The highest BCUT2D eigenvalue weighted by Crippen LogP contribution is 2.37. The lowest BCUT2D eigenvalue weighted by Gasteiger charge is -2.19. The molecule has 1 saturated carbocycles. The third-order valence-corrected chi connectivity index (χ3v) is 3.64. The van der Waals surface area contributed by atoms with Crippen LogP contribution in [-0.4, -0.2) is 10.9 Å². The highest BCUT2D eigenvalue weighted by Gasteiger charge is 2.41. The Bertz CT molecular complexity index is 484. The summed E-state index contributed by atoms with van der Waals surface area (Å²) in [5.41, 5.74) is 1.11. The van der Waals surface area contributed by atoms with Crippen molar-refractivity contribution in [2.45, 2.75) is 39.2 Å². The van der Waals surface area contributed by atoms with Crippen LogP contribution in [0.3, 0.4) is 0 Å². The molecule has 1 aliphatic rings. The van der Waals surface area contributed by atoms with Crippen molar-refractivity contribution in [3.8, 4) is 6.07 Å². The number of nitriles is 1. The molecule has 0 aliphatic heterocycles. The molecule has 0 aromatic carbocycles. The number of amides is 1. The van der Waals surface area contributed by atoms with Gasteiger partial charge < -0.3 is 5.32 Å². The molecular weight excluding hydrogens is 226 g/mol. The van der Waals surface area contributed by atoms with Gasteiger partial charge in [-0.25, -0.2) is 0 Å². The second-order valence-corrected chi connectivity index (χ2v) is 4.85. The monoisotopic (exact) mass is 243 g/mol. The molecule has 94 valence electrons. The number of aromatic nitrogens is 1. The van der Waals surface area contributed by atoms with E-state index in [1.165, 1.54) is 0 Å². The fourth-order valence-electron chi connectivity index (χ4n) is 2.40. The average molecular weight is 243 g/mol. The summed E-state index contributed by atoms with van der Waals surface area (Å²) in [5.74, 6) is -0.146. The van der Waals surface area contributed by atoms with E-state index < -0.39 is 5.41 Å². The van der Waals surface area contributed by atoms with Crippen molar-refractivity contribution >= 4 is 5.91 Å². The van der Waals surface area contributed by atoms with Gasteiger partial charge in [0.1, 0.15) is 5.41 Å². The minimum absolute atomic E-state index is 0.146. The zero-order valence-corrected chi connectivity index (χ0v) is 10.6. The first-order valence-corrected chi connectivity index (χ1v) is 6.28. The zero-order chi connectivity index (χ0) is 13.0. The number of rotatable bonds is 3. The molecule has 0 bridgehead atoms. The van der Waals surface area contributed by atoms with Crippen LogP contribution >= 0.6 is 0 Å². The molecular formula is C14H17N3O. The van der Waals surface area contributed by atoms with E-state index in [0.29, 0.717) is 19.4 Å². The third-order valence-electron chi connectivity index (χ3n) is 3.64. The molecule has 0 atom stereocenters. The van der Waals surface area contributed by atoms with Gasteiger partial charge in [-0.05, 0) is 31.4 Å². The van der Waals surface area contributed by atoms with E-state index >= 15 is 0 Å². The summed E-state index contributed by atoms with van der Waals surface area (Å²) in [5, 5.41) is 12.1. The van der Waals surface area contributed by atoms with Gasteiger partial charge >= 0.3 is 0 Å². The van der Waals surface area contributed by atoms with Gasteiger partial charge in [0.25, 0.3) is 0 Å². The van der Waals surface area contributed by atoms with Crippen molar-refractivity contribution in [2.75, 3.05) is 0 Å². The van der Waals surface area contributed by atoms with Crippen molar-refractivity contribution in [1.82, 2.24) is 10.3 Å². The van der Waals surface area contributed by atoms with Gasteiger partial charge in [0.2, 0.25) is 5.91 Å². The summed E-state index contributed by atoms with van der Waals surface area (Å²) < 4.78 is 0. The van der Waals surface area contributed by atoms with E-state index in [9.17, 15) is 10.1 Å². The summed E-state index contributed by atoms with van der Waals surface area (Å²) in [4.78, 5) is 16.3. The molecule has 1 heterocycles. The predicted molar refractivity (Wildman–Crippen MR) is 67.3 cm³/mol. The van der Waals surface area contributed by atoms with Crippen LogP contribution in [0.2, 0.25) is 0 Å². The Morgan fingerprint density at radius 3 is 2.89 bits per heavy atom. The van der Waals surface area contributed by atoms with Crippen LogP contribution in [0.4, 0.5) is 0 Å². The number of nitrogens with one attached hydrogen (secondary N) is 1. The van der Waals surface area contributed by atoms with E-state index in [1.54, 1.807) is 6.20 Å². The Labute approximate surface area is 107 Å². The quantitative estimate of drug-likeness (QED) is 0.884. The maximum absolute atomic E-state index is 12.1. The van der Waals surface area contributed by atoms with Gasteiger partial charge in [-0.3, -0.25) is 9.78 Å². The van der Waals surface area contributed by atoms with Crippen molar-refractivity contribution in [1.29, 1.82) is 5.26 Å². The number of carbonyl (C=O) groups excluding carboxylic acids is 1. The van der Waals surface area contributed by atoms with Crippen molar-refractivity contribution in [3.05, 3.63) is 29.6 Å². The lowest BCUT2D eigenvalue weighted by molar-refractivity contribution is -0.128. The van der Waals surface area contributed by atoms with Crippen molar-refractivity contribution < 1.29 is 4.79 Å². The molecule has 0 saturated heterocycles. The maximum atomic E-state index is 12.1. The molecule has 0 unspecified atom stereocenters.